The summed E-state index contributed by atoms with van der Waals surface area (Å²) in [5.41, 5.74) is 7.94. The Bertz CT molecular complexity index is 862. The quantitative estimate of drug-likeness (QED) is 0.520. The number of furan rings is 1. The van der Waals surface area contributed by atoms with Crippen molar-refractivity contribution >= 4 is 16.9 Å². The van der Waals surface area contributed by atoms with Crippen LogP contribution in [0, 0.1) is 0 Å². The minimum Gasteiger partial charge on any atom is -0.472 e. The van der Waals surface area contributed by atoms with Crippen LogP contribution in [0.1, 0.15) is 6.23 Å². The summed E-state index contributed by atoms with van der Waals surface area (Å²) in [7, 11) is 0. The van der Waals surface area contributed by atoms with Crippen molar-refractivity contribution in [2.75, 3.05) is 12.3 Å². The summed E-state index contributed by atoms with van der Waals surface area (Å²) >= 11 is 0. The zero-order valence-electron chi connectivity index (χ0n) is 12.5. The number of fused-ring (bicyclic) bond motifs is 1. The molecular formula is C15H16N4O5. The van der Waals surface area contributed by atoms with Crippen molar-refractivity contribution in [3.05, 3.63) is 31.1 Å². The fraction of sp³-hybridized carbons (Fsp3) is 0.333. The van der Waals surface area contributed by atoms with Crippen LogP contribution in [0.15, 0.2) is 35.5 Å². The van der Waals surface area contributed by atoms with Gasteiger partial charge in [-0.05, 0) is 6.07 Å². The largest absolute Gasteiger partial charge is 0.472 e. The molecule has 0 amide bonds. The molecule has 0 radical (unpaired) electrons. The number of ether oxygens (including phenoxy) is 1. The van der Waals surface area contributed by atoms with Crippen LogP contribution < -0.4 is 5.73 Å². The Balaban J connectivity index is 1.90. The summed E-state index contributed by atoms with van der Waals surface area (Å²) in [5, 5.41) is 30.1. The molecule has 1 aliphatic heterocycles. The Morgan fingerprint density at radius 2 is 2.08 bits per heavy atom. The van der Waals surface area contributed by atoms with E-state index in [1.165, 1.54) is 12.6 Å². The van der Waals surface area contributed by atoms with Gasteiger partial charge < -0.3 is 34.8 Å². The minimum atomic E-state index is -1.22. The van der Waals surface area contributed by atoms with Crippen LogP contribution in [-0.4, -0.2) is 54.8 Å². The highest BCUT2D eigenvalue weighted by atomic mass is 16.6. The number of aliphatic hydroxyl groups excluding tert-OH is 3. The lowest BCUT2D eigenvalue weighted by Gasteiger charge is -2.17. The molecule has 0 aliphatic carbocycles. The van der Waals surface area contributed by atoms with Crippen molar-refractivity contribution < 1.29 is 24.5 Å². The van der Waals surface area contributed by atoms with Gasteiger partial charge in [-0.15, -0.1) is 0 Å². The molecule has 1 saturated heterocycles. The number of anilines is 1. The number of hydrogen-bond acceptors (Lipinski definition) is 8. The predicted octanol–water partition coefficient (Wildman–Crippen LogP) is -0.115. The number of hydrogen-bond donors (Lipinski definition) is 4. The first-order valence-electron chi connectivity index (χ1n) is 7.38. The molecule has 0 aromatic carbocycles. The molecule has 4 rings (SSSR count). The lowest BCUT2D eigenvalue weighted by molar-refractivity contribution is -0.0508. The Kier molecular flexibility index (Phi) is 3.50. The van der Waals surface area contributed by atoms with Crippen LogP contribution >= 0.6 is 0 Å². The Labute approximate surface area is 135 Å². The second-order valence-electron chi connectivity index (χ2n) is 5.65. The highest BCUT2D eigenvalue weighted by Crippen LogP contribution is 2.38. The standard InChI is InChI=1S/C15H16N4O5/c16-13-10-8(7-1-2-23-5-7)3-19(14(10)18-6-17-13)15-12(22)11(21)9(4-20)24-15/h1-3,5-6,9,11-12,15,20-22H,4H2,(H2,16,17,18)/t9-,11-,12-,15-/m1/s1. The normalized spacial score (nSPS) is 27.1. The third kappa shape index (κ3) is 2.10. The van der Waals surface area contributed by atoms with Crippen molar-refractivity contribution in [3.63, 3.8) is 0 Å². The van der Waals surface area contributed by atoms with Gasteiger partial charge in [-0.3, -0.25) is 0 Å². The second-order valence-corrected chi connectivity index (χ2v) is 5.65. The van der Waals surface area contributed by atoms with Crippen LogP contribution in [0.2, 0.25) is 0 Å². The number of nitrogen functional groups attached to an aromatic ring is 1. The summed E-state index contributed by atoms with van der Waals surface area (Å²) in [6.45, 7) is -0.403. The molecular weight excluding hydrogens is 316 g/mol. The summed E-state index contributed by atoms with van der Waals surface area (Å²) in [6.07, 6.45) is 1.91. The number of aromatic nitrogens is 3. The molecule has 1 fully saturated rings. The molecule has 4 atom stereocenters. The number of nitrogens with two attached hydrogens (primary N) is 1. The summed E-state index contributed by atoms with van der Waals surface area (Å²) in [6, 6.07) is 1.77. The number of aliphatic hydroxyl groups is 3. The van der Waals surface area contributed by atoms with E-state index >= 15 is 0 Å². The van der Waals surface area contributed by atoms with E-state index in [2.05, 4.69) is 9.97 Å². The molecule has 0 spiro atoms. The highest BCUT2D eigenvalue weighted by molar-refractivity contribution is 6.00. The zero-order valence-corrected chi connectivity index (χ0v) is 12.5. The van der Waals surface area contributed by atoms with Gasteiger partial charge in [0.15, 0.2) is 6.23 Å². The van der Waals surface area contributed by atoms with E-state index in [9.17, 15) is 15.3 Å². The molecule has 126 valence electrons. The molecule has 1 aliphatic rings. The van der Waals surface area contributed by atoms with Crippen LogP contribution in [0.25, 0.3) is 22.2 Å². The van der Waals surface area contributed by atoms with E-state index in [4.69, 9.17) is 14.9 Å². The van der Waals surface area contributed by atoms with Crippen LogP contribution in [0.5, 0.6) is 0 Å². The zero-order chi connectivity index (χ0) is 16.8. The SMILES string of the molecule is Nc1ncnc2c1c(-c1ccoc1)cn2[C@@H]1O[C@H](CO)[C@@H](O)[C@H]1O. The maximum atomic E-state index is 10.3. The summed E-state index contributed by atoms with van der Waals surface area (Å²) in [5.74, 6) is 0.279. The molecule has 0 unspecified atom stereocenters. The average molecular weight is 332 g/mol. The van der Waals surface area contributed by atoms with E-state index in [0.717, 1.165) is 11.1 Å². The van der Waals surface area contributed by atoms with Gasteiger partial charge in [0.25, 0.3) is 0 Å². The molecule has 4 heterocycles. The Morgan fingerprint density at radius 1 is 1.25 bits per heavy atom. The van der Waals surface area contributed by atoms with Crippen LogP contribution in [0.4, 0.5) is 5.82 Å². The maximum absolute atomic E-state index is 10.3. The first-order valence-corrected chi connectivity index (χ1v) is 7.38. The van der Waals surface area contributed by atoms with Crippen molar-refractivity contribution in [2.24, 2.45) is 0 Å². The lowest BCUT2D eigenvalue weighted by Crippen LogP contribution is -2.33. The topological polar surface area (TPSA) is 140 Å². The first kappa shape index (κ1) is 15.1. The second kappa shape index (κ2) is 5.56. The van der Waals surface area contributed by atoms with Gasteiger partial charge in [0.2, 0.25) is 0 Å². The van der Waals surface area contributed by atoms with Crippen molar-refractivity contribution in [1.82, 2.24) is 14.5 Å². The van der Waals surface area contributed by atoms with Crippen molar-refractivity contribution in [3.8, 4) is 11.1 Å². The Morgan fingerprint density at radius 3 is 2.75 bits per heavy atom. The minimum absolute atomic E-state index is 0.279. The highest BCUT2D eigenvalue weighted by Gasteiger charge is 2.44. The smallest absolute Gasteiger partial charge is 0.164 e. The summed E-state index contributed by atoms with van der Waals surface area (Å²) < 4.78 is 12.3. The third-order valence-corrected chi connectivity index (χ3v) is 4.26. The van der Waals surface area contributed by atoms with Gasteiger partial charge in [-0.2, -0.15) is 0 Å². The number of nitrogens with zero attached hydrogens (tertiary/aromatic N) is 3. The van der Waals surface area contributed by atoms with Crippen LogP contribution in [-0.2, 0) is 4.74 Å². The summed E-state index contributed by atoms with van der Waals surface area (Å²) in [4.78, 5) is 8.25. The van der Waals surface area contributed by atoms with Gasteiger partial charge >= 0.3 is 0 Å². The number of rotatable bonds is 3. The fourth-order valence-corrected chi connectivity index (χ4v) is 3.05. The molecule has 5 N–H and O–H groups in total. The molecule has 0 bridgehead atoms. The van der Waals surface area contributed by atoms with Crippen molar-refractivity contribution in [1.29, 1.82) is 0 Å². The average Bonchev–Trinajstić information content (AvgIpc) is 3.28. The molecule has 3 aromatic heterocycles. The van der Waals surface area contributed by atoms with E-state index in [0.29, 0.717) is 11.0 Å². The van der Waals surface area contributed by atoms with Gasteiger partial charge in [0.05, 0.1) is 24.5 Å². The Hall–Kier alpha value is -2.46. The van der Waals surface area contributed by atoms with E-state index < -0.39 is 31.1 Å². The molecule has 9 heteroatoms. The third-order valence-electron chi connectivity index (χ3n) is 4.26. The molecule has 24 heavy (non-hydrogen) atoms. The van der Waals surface area contributed by atoms with E-state index in [1.54, 1.807) is 23.1 Å². The van der Waals surface area contributed by atoms with Gasteiger partial charge in [-0.25, -0.2) is 9.97 Å². The molecule has 3 aromatic rings. The van der Waals surface area contributed by atoms with Crippen molar-refractivity contribution in [2.45, 2.75) is 24.5 Å². The lowest BCUT2D eigenvalue weighted by atomic mass is 10.1. The monoisotopic (exact) mass is 332 g/mol. The first-order chi connectivity index (χ1) is 11.6. The van der Waals surface area contributed by atoms with Crippen LogP contribution in [0.3, 0.4) is 0 Å². The van der Waals surface area contributed by atoms with Gasteiger partial charge in [0.1, 0.15) is 36.1 Å². The fourth-order valence-electron chi connectivity index (χ4n) is 3.05. The molecule has 9 nitrogen and oxygen atoms in total. The molecule has 0 saturated carbocycles. The maximum Gasteiger partial charge on any atom is 0.164 e. The van der Waals surface area contributed by atoms with E-state index in [1.807, 2.05) is 0 Å². The van der Waals surface area contributed by atoms with Gasteiger partial charge in [0, 0.05) is 17.3 Å². The predicted molar refractivity (Wildman–Crippen MR) is 82.7 cm³/mol. The van der Waals surface area contributed by atoms with Gasteiger partial charge in [-0.1, -0.05) is 0 Å². The van der Waals surface area contributed by atoms with E-state index in [-0.39, 0.29) is 5.82 Å².